The van der Waals surface area contributed by atoms with Gasteiger partial charge in [0.25, 0.3) is 0 Å². The number of alkyl halides is 1. The molecule has 4 aliphatic carbocycles. The molecule has 0 aliphatic heterocycles. The summed E-state index contributed by atoms with van der Waals surface area (Å²) in [6, 6.07) is 0. The third-order valence-corrected chi connectivity index (χ3v) is 8.12. The summed E-state index contributed by atoms with van der Waals surface area (Å²) >= 11 is 0. The maximum Gasteiger partial charge on any atom is 0.140 e. The second kappa shape index (κ2) is 4.92. The molecule has 0 spiro atoms. The molecule has 3 heteroatoms. The predicted molar refractivity (Wildman–Crippen MR) is 84.2 cm³/mol. The topological polar surface area (TPSA) is 40.5 Å². The summed E-state index contributed by atoms with van der Waals surface area (Å²) in [7, 11) is 0. The molecule has 0 radical (unpaired) electrons. The maximum absolute atomic E-state index is 16.0. The lowest BCUT2D eigenvalue weighted by atomic mass is 9.55. The van der Waals surface area contributed by atoms with E-state index in [9.17, 15) is 10.2 Å². The van der Waals surface area contributed by atoms with Crippen LogP contribution in [-0.2, 0) is 0 Å². The number of hydrogen-bond acceptors (Lipinski definition) is 2. The summed E-state index contributed by atoms with van der Waals surface area (Å²) < 4.78 is 16.0. The van der Waals surface area contributed by atoms with E-state index in [-0.39, 0.29) is 23.4 Å². The van der Waals surface area contributed by atoms with Gasteiger partial charge in [0.05, 0.1) is 6.10 Å². The van der Waals surface area contributed by atoms with Crippen LogP contribution in [0.2, 0.25) is 0 Å². The zero-order valence-corrected chi connectivity index (χ0v) is 13.9. The van der Waals surface area contributed by atoms with Crippen LogP contribution >= 0.6 is 0 Å². The van der Waals surface area contributed by atoms with Crippen molar-refractivity contribution in [3.63, 3.8) is 0 Å². The molecule has 7 atom stereocenters. The average molecular weight is 310 g/mol. The predicted octanol–water partition coefficient (Wildman–Crippen LogP) is 3.99. The van der Waals surface area contributed by atoms with Crippen LogP contribution in [0.4, 0.5) is 4.39 Å². The zero-order chi connectivity index (χ0) is 15.6. The van der Waals surface area contributed by atoms with Crippen LogP contribution in [0.3, 0.4) is 0 Å². The minimum Gasteiger partial charge on any atom is -0.393 e. The van der Waals surface area contributed by atoms with E-state index in [0.717, 1.165) is 51.4 Å². The Morgan fingerprint density at radius 2 is 1.77 bits per heavy atom. The van der Waals surface area contributed by atoms with Gasteiger partial charge in [0.2, 0.25) is 0 Å². The van der Waals surface area contributed by atoms with Gasteiger partial charge in [0.15, 0.2) is 0 Å². The summed E-state index contributed by atoms with van der Waals surface area (Å²) in [5.41, 5.74) is -2.38. The van der Waals surface area contributed by atoms with Crippen molar-refractivity contribution in [2.24, 2.45) is 23.2 Å². The van der Waals surface area contributed by atoms with Gasteiger partial charge in [-0.3, -0.25) is 0 Å². The Morgan fingerprint density at radius 3 is 2.59 bits per heavy atom. The molecule has 0 aromatic rings. The van der Waals surface area contributed by atoms with Crippen LogP contribution in [0.5, 0.6) is 0 Å². The smallest absolute Gasteiger partial charge is 0.140 e. The number of hydrogen-bond donors (Lipinski definition) is 2. The maximum atomic E-state index is 16.0. The first-order valence-electron chi connectivity index (χ1n) is 9.46. The van der Waals surface area contributed by atoms with Crippen molar-refractivity contribution in [2.45, 2.75) is 94.9 Å². The van der Waals surface area contributed by atoms with Gasteiger partial charge in [-0.25, -0.2) is 4.39 Å². The lowest BCUT2D eigenvalue weighted by molar-refractivity contribution is -0.201. The Balaban J connectivity index is 1.67. The lowest BCUT2D eigenvalue weighted by Gasteiger charge is -2.55. The van der Waals surface area contributed by atoms with Crippen molar-refractivity contribution in [3.8, 4) is 0 Å². The summed E-state index contributed by atoms with van der Waals surface area (Å²) in [4.78, 5) is 0. The van der Waals surface area contributed by atoms with Crippen molar-refractivity contribution in [2.75, 3.05) is 0 Å². The van der Waals surface area contributed by atoms with Crippen LogP contribution in [0.1, 0.15) is 77.6 Å². The Labute approximate surface area is 133 Å². The van der Waals surface area contributed by atoms with Crippen molar-refractivity contribution in [3.05, 3.63) is 0 Å². The van der Waals surface area contributed by atoms with E-state index >= 15 is 4.39 Å². The minimum absolute atomic E-state index is 0.142. The van der Waals surface area contributed by atoms with Gasteiger partial charge in [-0.2, -0.15) is 0 Å². The first-order chi connectivity index (χ1) is 10.4. The van der Waals surface area contributed by atoms with Crippen molar-refractivity contribution in [1.29, 1.82) is 0 Å². The molecule has 4 saturated carbocycles. The quantitative estimate of drug-likeness (QED) is 0.710. The van der Waals surface area contributed by atoms with Gasteiger partial charge in [0, 0.05) is 0 Å². The van der Waals surface area contributed by atoms with E-state index in [1.807, 2.05) is 0 Å². The van der Waals surface area contributed by atoms with E-state index in [4.69, 9.17) is 0 Å². The van der Waals surface area contributed by atoms with Gasteiger partial charge in [-0.15, -0.1) is 0 Å². The molecule has 0 aromatic carbocycles. The number of rotatable bonds is 0. The number of halogens is 1. The van der Waals surface area contributed by atoms with E-state index in [1.54, 1.807) is 0 Å². The molecule has 2 nitrogen and oxygen atoms in total. The highest BCUT2D eigenvalue weighted by Crippen LogP contribution is 2.64. The average Bonchev–Trinajstić information content (AvgIpc) is 2.82. The van der Waals surface area contributed by atoms with Gasteiger partial charge in [0.1, 0.15) is 11.3 Å². The fraction of sp³-hybridized carbons (Fsp3) is 1.00. The molecule has 22 heavy (non-hydrogen) atoms. The number of aliphatic hydroxyl groups excluding tert-OH is 1. The monoisotopic (exact) mass is 310 g/mol. The molecule has 0 heterocycles. The number of fused-ring (bicyclic) bond motifs is 4. The normalized spacial score (nSPS) is 58.4. The largest absolute Gasteiger partial charge is 0.393 e. The molecule has 0 amide bonds. The lowest BCUT2D eigenvalue weighted by Crippen LogP contribution is -2.62. The van der Waals surface area contributed by atoms with E-state index in [1.165, 1.54) is 0 Å². The highest BCUT2D eigenvalue weighted by atomic mass is 19.1. The molecular formula is C19H31FO2. The second-order valence-electron chi connectivity index (χ2n) is 9.22. The Bertz CT molecular complexity index is 455. The van der Waals surface area contributed by atoms with E-state index < -0.39 is 11.3 Å². The van der Waals surface area contributed by atoms with Crippen LogP contribution in [0.15, 0.2) is 0 Å². The Morgan fingerprint density at radius 1 is 0.955 bits per heavy atom. The first-order valence-corrected chi connectivity index (χ1v) is 9.46. The van der Waals surface area contributed by atoms with Gasteiger partial charge < -0.3 is 10.2 Å². The molecule has 4 fully saturated rings. The molecule has 4 rings (SSSR count). The Kier molecular flexibility index (Phi) is 3.44. The van der Waals surface area contributed by atoms with Crippen molar-refractivity contribution >= 4 is 0 Å². The van der Waals surface area contributed by atoms with Crippen LogP contribution in [0, 0.1) is 23.2 Å². The number of aliphatic hydroxyl groups is 2. The molecule has 4 aliphatic rings. The summed E-state index contributed by atoms with van der Waals surface area (Å²) in [5, 5.41) is 21.5. The standard InChI is InChI=1S/C19H31FO2/c1-17-7-2-3-16(17)19(22)8-6-13-4-5-15(21)11-14(13)12-18(19,20)10-9-17/h13-16,21-22H,2-12H2,1H3/t13?,14?,15?,16?,17?,18?,19-/m0/s1. The minimum atomic E-state index is -1.42. The molecule has 126 valence electrons. The van der Waals surface area contributed by atoms with Crippen molar-refractivity contribution in [1.82, 2.24) is 0 Å². The third kappa shape index (κ3) is 2.04. The Hall–Kier alpha value is -0.150. The van der Waals surface area contributed by atoms with Gasteiger partial charge in [-0.1, -0.05) is 13.3 Å². The first kappa shape index (κ1) is 15.4. The second-order valence-corrected chi connectivity index (χ2v) is 9.22. The molecular weight excluding hydrogens is 279 g/mol. The summed E-state index contributed by atoms with van der Waals surface area (Å²) in [5.74, 6) is 0.927. The molecule has 0 bridgehead atoms. The summed E-state index contributed by atoms with van der Waals surface area (Å²) in [6.45, 7) is 2.28. The highest BCUT2D eigenvalue weighted by Gasteiger charge is 2.66. The van der Waals surface area contributed by atoms with Gasteiger partial charge in [-0.05, 0) is 87.4 Å². The zero-order valence-electron chi connectivity index (χ0n) is 13.9. The summed E-state index contributed by atoms with van der Waals surface area (Å²) in [6.07, 6.45) is 9.19. The van der Waals surface area contributed by atoms with Crippen LogP contribution < -0.4 is 0 Å². The van der Waals surface area contributed by atoms with E-state index in [0.29, 0.717) is 25.2 Å². The SMILES string of the molecule is CC12CCCC1[C@@]1(O)CCC3CCC(O)CC3CC1(F)CC2. The van der Waals surface area contributed by atoms with Gasteiger partial charge >= 0.3 is 0 Å². The van der Waals surface area contributed by atoms with Crippen LogP contribution in [-0.4, -0.2) is 27.6 Å². The fourth-order valence-electron chi connectivity index (χ4n) is 6.79. The fourth-order valence-corrected chi connectivity index (χ4v) is 6.79. The molecule has 6 unspecified atom stereocenters. The molecule has 0 aromatic heterocycles. The molecule has 2 N–H and O–H groups in total. The third-order valence-electron chi connectivity index (χ3n) is 8.12. The highest BCUT2D eigenvalue weighted by molar-refractivity contribution is 5.16. The van der Waals surface area contributed by atoms with Crippen LogP contribution in [0.25, 0.3) is 0 Å². The van der Waals surface area contributed by atoms with Crippen molar-refractivity contribution < 1.29 is 14.6 Å². The molecule has 0 saturated heterocycles. The van der Waals surface area contributed by atoms with E-state index in [2.05, 4.69) is 6.92 Å².